The first kappa shape index (κ1) is 20.7. The predicted molar refractivity (Wildman–Crippen MR) is 134 cm³/mol. The molecule has 0 atom stereocenters. The van der Waals surface area contributed by atoms with Crippen LogP contribution in [-0.2, 0) is 12.8 Å². The van der Waals surface area contributed by atoms with Gasteiger partial charge in [0.1, 0.15) is 0 Å². The summed E-state index contributed by atoms with van der Waals surface area (Å²) < 4.78 is 0. The molecule has 0 saturated heterocycles. The van der Waals surface area contributed by atoms with Crippen molar-refractivity contribution in [1.82, 2.24) is 0 Å². The average Bonchev–Trinajstić information content (AvgIpc) is 2.77. The smallest absolute Gasteiger partial charge is 0.00641 e. The van der Waals surface area contributed by atoms with Crippen LogP contribution < -0.4 is 0 Å². The van der Waals surface area contributed by atoms with Gasteiger partial charge in [-0.1, -0.05) is 87.4 Å². The summed E-state index contributed by atoms with van der Waals surface area (Å²) in [6.07, 6.45) is 7.21. The number of hydrogen-bond acceptors (Lipinski definition) is 0. The van der Waals surface area contributed by atoms with Gasteiger partial charge in [0.05, 0.1) is 0 Å². The maximum absolute atomic E-state index is 2.46. The number of aryl methyl sites for hydroxylation is 4. The van der Waals surface area contributed by atoms with Crippen LogP contribution in [0.15, 0.2) is 60.7 Å². The summed E-state index contributed by atoms with van der Waals surface area (Å²) in [6, 6.07) is 23.0. The summed E-state index contributed by atoms with van der Waals surface area (Å²) in [5.41, 5.74) is 8.78. The highest BCUT2D eigenvalue weighted by Crippen LogP contribution is 2.42. The Balaban J connectivity index is 2.13. The van der Waals surface area contributed by atoms with Gasteiger partial charge < -0.3 is 0 Å². The monoisotopic (exact) mass is 394 g/mol. The van der Waals surface area contributed by atoms with E-state index in [2.05, 4.69) is 88.4 Å². The molecular weight excluding hydrogens is 360 g/mol. The molecule has 0 fully saturated rings. The standard InChI is InChI=1S/C30H34/c1-5-7-13-23-19-21(3)25-15-9-11-17-27(25)29(23)30-24(14-8-6-2)20-22(4)26-16-10-12-18-28(26)30/h9-12,15-20H,5-8,13-14H2,1-4H3. The summed E-state index contributed by atoms with van der Waals surface area (Å²) >= 11 is 0. The average molecular weight is 395 g/mol. The van der Waals surface area contributed by atoms with E-state index in [9.17, 15) is 0 Å². The quantitative estimate of drug-likeness (QED) is 0.293. The second kappa shape index (κ2) is 9.04. The van der Waals surface area contributed by atoms with Gasteiger partial charge in [-0.25, -0.2) is 0 Å². The Morgan fingerprint density at radius 1 is 0.533 bits per heavy atom. The molecule has 0 aliphatic heterocycles. The number of rotatable bonds is 7. The van der Waals surface area contributed by atoms with Crippen molar-refractivity contribution in [3.05, 3.63) is 82.9 Å². The Hall–Kier alpha value is -2.60. The molecule has 0 unspecified atom stereocenters. The molecule has 0 saturated carbocycles. The van der Waals surface area contributed by atoms with Crippen LogP contribution in [0.25, 0.3) is 32.7 Å². The van der Waals surface area contributed by atoms with Crippen molar-refractivity contribution >= 4 is 21.5 Å². The van der Waals surface area contributed by atoms with Crippen LogP contribution in [0.2, 0.25) is 0 Å². The summed E-state index contributed by atoms with van der Waals surface area (Å²) in [4.78, 5) is 0. The predicted octanol–water partition coefficient (Wildman–Crippen LogP) is 8.96. The SMILES string of the molecule is CCCCc1cc(C)c2ccccc2c1-c1c(CCCC)cc(C)c2ccccc12. The fourth-order valence-corrected chi connectivity index (χ4v) is 4.98. The van der Waals surface area contributed by atoms with E-state index in [0.29, 0.717) is 0 Å². The van der Waals surface area contributed by atoms with Crippen molar-refractivity contribution in [3.8, 4) is 11.1 Å². The Morgan fingerprint density at radius 2 is 0.900 bits per heavy atom. The molecule has 0 aliphatic rings. The van der Waals surface area contributed by atoms with E-state index >= 15 is 0 Å². The molecule has 0 aromatic heterocycles. The van der Waals surface area contributed by atoms with Gasteiger partial charge in [0.15, 0.2) is 0 Å². The fraction of sp³-hybridized carbons (Fsp3) is 0.333. The molecule has 30 heavy (non-hydrogen) atoms. The van der Waals surface area contributed by atoms with Gasteiger partial charge in [-0.3, -0.25) is 0 Å². The van der Waals surface area contributed by atoms with Crippen LogP contribution in [-0.4, -0.2) is 0 Å². The Bertz CT molecular complexity index is 1080. The third-order valence-electron chi connectivity index (χ3n) is 6.52. The lowest BCUT2D eigenvalue weighted by Crippen LogP contribution is -2.00. The summed E-state index contributed by atoms with van der Waals surface area (Å²) in [5, 5.41) is 5.60. The molecule has 0 bridgehead atoms. The molecule has 0 N–H and O–H groups in total. The van der Waals surface area contributed by atoms with Gasteiger partial charge in [-0.2, -0.15) is 0 Å². The van der Waals surface area contributed by atoms with E-state index in [0.717, 1.165) is 12.8 Å². The number of hydrogen-bond donors (Lipinski definition) is 0. The maximum Gasteiger partial charge on any atom is -0.00641 e. The number of fused-ring (bicyclic) bond motifs is 2. The van der Waals surface area contributed by atoms with Gasteiger partial charge in [0.25, 0.3) is 0 Å². The zero-order chi connectivity index (χ0) is 21.1. The summed E-state index contributed by atoms with van der Waals surface area (Å²) in [6.45, 7) is 9.13. The number of unbranched alkanes of at least 4 members (excludes halogenated alkanes) is 2. The highest BCUT2D eigenvalue weighted by Gasteiger charge is 2.18. The van der Waals surface area contributed by atoms with Crippen molar-refractivity contribution in [1.29, 1.82) is 0 Å². The third kappa shape index (κ3) is 3.76. The molecular formula is C30H34. The largest absolute Gasteiger partial charge is 0.0654 e. The van der Waals surface area contributed by atoms with E-state index in [4.69, 9.17) is 0 Å². The third-order valence-corrected chi connectivity index (χ3v) is 6.52. The lowest BCUT2D eigenvalue weighted by atomic mass is 9.82. The molecule has 0 nitrogen and oxygen atoms in total. The molecule has 0 amide bonds. The van der Waals surface area contributed by atoms with Crippen LogP contribution in [0.4, 0.5) is 0 Å². The molecule has 0 heteroatoms. The van der Waals surface area contributed by atoms with E-state index < -0.39 is 0 Å². The highest BCUT2D eigenvalue weighted by molar-refractivity contribution is 6.09. The Kier molecular flexibility index (Phi) is 6.23. The van der Waals surface area contributed by atoms with Gasteiger partial charge in [-0.05, 0) is 94.5 Å². The first-order valence-corrected chi connectivity index (χ1v) is 11.7. The lowest BCUT2D eigenvalue weighted by Gasteiger charge is -2.21. The van der Waals surface area contributed by atoms with Gasteiger partial charge in [-0.15, -0.1) is 0 Å². The minimum Gasteiger partial charge on any atom is -0.0654 e. The summed E-state index contributed by atoms with van der Waals surface area (Å²) in [5.74, 6) is 0. The van der Waals surface area contributed by atoms with Crippen LogP contribution >= 0.6 is 0 Å². The fourth-order valence-electron chi connectivity index (χ4n) is 4.98. The van der Waals surface area contributed by atoms with Gasteiger partial charge >= 0.3 is 0 Å². The molecule has 4 rings (SSSR count). The van der Waals surface area contributed by atoms with Crippen molar-refractivity contribution in [3.63, 3.8) is 0 Å². The van der Waals surface area contributed by atoms with Crippen molar-refractivity contribution in [2.45, 2.75) is 66.2 Å². The zero-order valence-electron chi connectivity index (χ0n) is 19.0. The Labute approximate surface area is 182 Å². The molecule has 0 heterocycles. The zero-order valence-corrected chi connectivity index (χ0v) is 19.0. The lowest BCUT2D eigenvalue weighted by molar-refractivity contribution is 0.792. The van der Waals surface area contributed by atoms with Gasteiger partial charge in [0, 0.05) is 0 Å². The minimum atomic E-state index is 1.15. The van der Waals surface area contributed by atoms with Gasteiger partial charge in [0.2, 0.25) is 0 Å². The number of benzene rings is 4. The highest BCUT2D eigenvalue weighted by atomic mass is 14.2. The second-order valence-corrected chi connectivity index (χ2v) is 8.75. The van der Waals surface area contributed by atoms with Crippen molar-refractivity contribution in [2.75, 3.05) is 0 Å². The normalized spacial score (nSPS) is 11.5. The topological polar surface area (TPSA) is 0 Å². The van der Waals surface area contributed by atoms with Crippen LogP contribution in [0.1, 0.15) is 61.8 Å². The molecule has 4 aromatic carbocycles. The molecule has 0 radical (unpaired) electrons. The van der Waals surface area contributed by atoms with E-state index in [1.807, 2.05) is 0 Å². The van der Waals surface area contributed by atoms with E-state index in [-0.39, 0.29) is 0 Å². The maximum atomic E-state index is 2.46. The van der Waals surface area contributed by atoms with Crippen molar-refractivity contribution < 1.29 is 0 Å². The first-order chi connectivity index (χ1) is 14.7. The second-order valence-electron chi connectivity index (χ2n) is 8.75. The molecule has 0 aliphatic carbocycles. The van der Waals surface area contributed by atoms with Crippen LogP contribution in [0.5, 0.6) is 0 Å². The summed E-state index contributed by atoms with van der Waals surface area (Å²) in [7, 11) is 0. The van der Waals surface area contributed by atoms with E-state index in [1.54, 1.807) is 0 Å². The minimum absolute atomic E-state index is 1.15. The molecule has 4 aromatic rings. The Morgan fingerprint density at radius 3 is 1.27 bits per heavy atom. The first-order valence-electron chi connectivity index (χ1n) is 11.7. The van der Waals surface area contributed by atoms with E-state index in [1.165, 1.54) is 80.6 Å². The van der Waals surface area contributed by atoms with Crippen LogP contribution in [0, 0.1) is 13.8 Å². The van der Waals surface area contributed by atoms with Crippen molar-refractivity contribution in [2.24, 2.45) is 0 Å². The molecule has 154 valence electrons. The molecule has 0 spiro atoms. The van der Waals surface area contributed by atoms with Crippen LogP contribution in [0.3, 0.4) is 0 Å².